The zero-order valence-corrected chi connectivity index (χ0v) is 14.3. The molecule has 2 aliphatic rings. The highest BCUT2D eigenvalue weighted by Crippen LogP contribution is 2.27. The van der Waals surface area contributed by atoms with Crippen molar-refractivity contribution in [1.82, 2.24) is 0 Å². The van der Waals surface area contributed by atoms with Crippen LogP contribution in [0.4, 0.5) is 5.69 Å². The molecule has 3 N–H and O–H groups in total. The third kappa shape index (κ3) is 3.03. The summed E-state index contributed by atoms with van der Waals surface area (Å²) in [6, 6.07) is 4.82. The van der Waals surface area contributed by atoms with Crippen molar-refractivity contribution in [3.05, 3.63) is 28.8 Å². The number of primary amides is 1. The van der Waals surface area contributed by atoms with E-state index in [-0.39, 0.29) is 36.1 Å². The van der Waals surface area contributed by atoms with Gasteiger partial charge in [0.2, 0.25) is 11.8 Å². The summed E-state index contributed by atoms with van der Waals surface area (Å²) >= 11 is 6.12. The SMILES string of the molecule is Cc1ccc(N2C(=O)C[C@H]([NH+]3CCC(C(N)=O)CC3)C2=O)cc1Cl. The molecule has 2 heterocycles. The van der Waals surface area contributed by atoms with Gasteiger partial charge in [0.1, 0.15) is 0 Å². The molecule has 2 saturated heterocycles. The summed E-state index contributed by atoms with van der Waals surface area (Å²) < 4.78 is 0. The van der Waals surface area contributed by atoms with Gasteiger partial charge in [-0.15, -0.1) is 0 Å². The summed E-state index contributed by atoms with van der Waals surface area (Å²) in [5.41, 5.74) is 6.77. The monoisotopic (exact) mass is 350 g/mol. The van der Waals surface area contributed by atoms with Crippen LogP contribution < -0.4 is 15.5 Å². The Labute approximate surface area is 145 Å². The molecule has 0 spiro atoms. The fraction of sp³-hybridized carbons (Fsp3) is 0.471. The summed E-state index contributed by atoms with van der Waals surface area (Å²) in [6.45, 7) is 3.23. The number of imide groups is 1. The summed E-state index contributed by atoms with van der Waals surface area (Å²) in [6.07, 6.45) is 1.53. The summed E-state index contributed by atoms with van der Waals surface area (Å²) in [5, 5.41) is 0.533. The molecule has 0 unspecified atom stereocenters. The molecule has 7 heteroatoms. The number of carbonyl (C=O) groups excluding carboxylic acids is 3. The number of anilines is 1. The first-order chi connectivity index (χ1) is 11.4. The van der Waals surface area contributed by atoms with Crippen molar-refractivity contribution in [2.75, 3.05) is 18.0 Å². The third-order valence-electron chi connectivity index (χ3n) is 5.08. The third-order valence-corrected chi connectivity index (χ3v) is 5.49. The van der Waals surface area contributed by atoms with Crippen LogP contribution >= 0.6 is 11.6 Å². The maximum absolute atomic E-state index is 12.8. The largest absolute Gasteiger partial charge is 0.369 e. The Morgan fingerprint density at radius 3 is 2.54 bits per heavy atom. The fourth-order valence-electron chi connectivity index (χ4n) is 3.56. The maximum atomic E-state index is 12.8. The predicted octanol–water partition coefficient (Wildman–Crippen LogP) is 0.0605. The number of carbonyl (C=O) groups is 3. The van der Waals surface area contributed by atoms with Gasteiger partial charge in [0, 0.05) is 23.8 Å². The van der Waals surface area contributed by atoms with Gasteiger partial charge in [-0.1, -0.05) is 17.7 Å². The maximum Gasteiger partial charge on any atom is 0.292 e. The minimum Gasteiger partial charge on any atom is -0.369 e. The molecule has 0 saturated carbocycles. The van der Waals surface area contributed by atoms with E-state index in [2.05, 4.69) is 0 Å². The highest BCUT2D eigenvalue weighted by molar-refractivity contribution is 6.32. The van der Waals surface area contributed by atoms with Crippen molar-refractivity contribution in [3.63, 3.8) is 0 Å². The normalized spacial score (nSPS) is 27.6. The Hall–Kier alpha value is -1.92. The van der Waals surface area contributed by atoms with E-state index in [9.17, 15) is 14.4 Å². The first kappa shape index (κ1) is 16.9. The van der Waals surface area contributed by atoms with Gasteiger partial charge in [-0.05, 0) is 24.6 Å². The molecule has 128 valence electrons. The van der Waals surface area contributed by atoms with Gasteiger partial charge in [0.15, 0.2) is 6.04 Å². The van der Waals surface area contributed by atoms with E-state index in [0.717, 1.165) is 10.5 Å². The summed E-state index contributed by atoms with van der Waals surface area (Å²) in [4.78, 5) is 38.7. The van der Waals surface area contributed by atoms with Gasteiger partial charge >= 0.3 is 0 Å². The quantitative estimate of drug-likeness (QED) is 0.756. The van der Waals surface area contributed by atoms with E-state index in [4.69, 9.17) is 17.3 Å². The highest BCUT2D eigenvalue weighted by Gasteiger charge is 2.46. The van der Waals surface area contributed by atoms with E-state index in [1.54, 1.807) is 18.2 Å². The lowest BCUT2D eigenvalue weighted by atomic mass is 9.95. The zero-order valence-electron chi connectivity index (χ0n) is 13.5. The van der Waals surface area contributed by atoms with Crippen LogP contribution in [0.1, 0.15) is 24.8 Å². The molecule has 0 aliphatic carbocycles. The number of amides is 3. The zero-order chi connectivity index (χ0) is 17.4. The first-order valence-electron chi connectivity index (χ1n) is 8.15. The van der Waals surface area contributed by atoms with E-state index < -0.39 is 0 Å². The topological polar surface area (TPSA) is 84.9 Å². The van der Waals surface area contributed by atoms with Crippen molar-refractivity contribution in [2.24, 2.45) is 11.7 Å². The van der Waals surface area contributed by atoms with Gasteiger partial charge in [-0.2, -0.15) is 0 Å². The molecule has 2 fully saturated rings. The second-order valence-corrected chi connectivity index (χ2v) is 7.00. The van der Waals surface area contributed by atoms with Crippen molar-refractivity contribution in [1.29, 1.82) is 0 Å². The van der Waals surface area contributed by atoms with Crippen LogP contribution in [-0.4, -0.2) is 36.9 Å². The number of nitrogens with zero attached hydrogens (tertiary/aromatic N) is 1. The Bertz CT molecular complexity index is 698. The number of hydrogen-bond acceptors (Lipinski definition) is 3. The smallest absolute Gasteiger partial charge is 0.292 e. The number of halogens is 1. The van der Waals surface area contributed by atoms with Crippen molar-refractivity contribution >= 4 is 35.0 Å². The lowest BCUT2D eigenvalue weighted by Crippen LogP contribution is -3.17. The van der Waals surface area contributed by atoms with E-state index in [0.29, 0.717) is 36.6 Å². The fourth-order valence-corrected chi connectivity index (χ4v) is 3.74. The molecule has 0 bridgehead atoms. The minimum atomic E-state index is -0.383. The summed E-state index contributed by atoms with van der Waals surface area (Å²) in [7, 11) is 0. The van der Waals surface area contributed by atoms with E-state index in [1.165, 1.54) is 4.90 Å². The molecule has 3 rings (SSSR count). The minimum absolute atomic E-state index is 0.118. The Balaban J connectivity index is 1.75. The molecule has 3 amide bonds. The van der Waals surface area contributed by atoms with Crippen LogP contribution in [0.5, 0.6) is 0 Å². The second-order valence-electron chi connectivity index (χ2n) is 6.59. The van der Waals surface area contributed by atoms with Crippen LogP contribution in [0.25, 0.3) is 0 Å². The van der Waals surface area contributed by atoms with Gasteiger partial charge in [-0.25, -0.2) is 4.90 Å². The van der Waals surface area contributed by atoms with E-state index >= 15 is 0 Å². The molecule has 24 heavy (non-hydrogen) atoms. The van der Waals surface area contributed by atoms with E-state index in [1.807, 2.05) is 6.92 Å². The number of nitrogens with two attached hydrogens (primary N) is 1. The van der Waals surface area contributed by atoms with Gasteiger partial charge in [0.25, 0.3) is 5.91 Å². The number of aryl methyl sites for hydroxylation is 1. The Morgan fingerprint density at radius 1 is 1.29 bits per heavy atom. The molecular weight excluding hydrogens is 330 g/mol. The molecule has 1 aromatic carbocycles. The van der Waals surface area contributed by atoms with Crippen LogP contribution in [0, 0.1) is 12.8 Å². The molecule has 0 radical (unpaired) electrons. The first-order valence-corrected chi connectivity index (χ1v) is 8.53. The van der Waals surface area contributed by atoms with Gasteiger partial charge < -0.3 is 10.6 Å². The van der Waals surface area contributed by atoms with Crippen LogP contribution in [0.2, 0.25) is 5.02 Å². The van der Waals surface area contributed by atoms with Gasteiger partial charge in [-0.3, -0.25) is 14.4 Å². The number of piperidine rings is 1. The molecule has 0 aromatic heterocycles. The molecular formula is C17H21ClN3O3+. The Morgan fingerprint density at radius 2 is 1.96 bits per heavy atom. The molecule has 6 nitrogen and oxygen atoms in total. The average Bonchev–Trinajstić information content (AvgIpc) is 2.85. The van der Waals surface area contributed by atoms with Crippen molar-refractivity contribution < 1.29 is 19.3 Å². The lowest BCUT2D eigenvalue weighted by molar-refractivity contribution is -0.920. The second kappa shape index (κ2) is 6.53. The number of rotatable bonds is 3. The molecule has 2 aliphatic heterocycles. The van der Waals surface area contributed by atoms with Crippen LogP contribution in [0.3, 0.4) is 0 Å². The number of hydrogen-bond donors (Lipinski definition) is 2. The highest BCUT2D eigenvalue weighted by atomic mass is 35.5. The Kier molecular flexibility index (Phi) is 4.60. The van der Waals surface area contributed by atoms with Gasteiger partial charge in [0.05, 0.1) is 25.2 Å². The standard InChI is InChI=1S/C17H20ClN3O3/c1-10-2-3-12(8-13(10)18)21-15(22)9-14(17(21)24)20-6-4-11(5-7-20)16(19)23/h2-3,8,11,14H,4-7,9H2,1H3,(H2,19,23)/p+1/t14-/m0/s1. The molecule has 1 atom stereocenters. The number of nitrogens with one attached hydrogen (secondary N) is 1. The lowest BCUT2D eigenvalue weighted by Gasteiger charge is -2.30. The summed E-state index contributed by atoms with van der Waals surface area (Å²) in [5.74, 6) is -0.784. The number of benzene rings is 1. The van der Waals surface area contributed by atoms with Crippen LogP contribution in [-0.2, 0) is 14.4 Å². The average molecular weight is 351 g/mol. The van der Waals surface area contributed by atoms with Crippen molar-refractivity contribution in [3.8, 4) is 0 Å². The number of quaternary nitrogens is 1. The predicted molar refractivity (Wildman–Crippen MR) is 89.7 cm³/mol. The number of likely N-dealkylation sites (tertiary alicyclic amines) is 1. The van der Waals surface area contributed by atoms with Crippen LogP contribution in [0.15, 0.2) is 18.2 Å². The molecule has 1 aromatic rings. The van der Waals surface area contributed by atoms with Crippen molar-refractivity contribution in [2.45, 2.75) is 32.2 Å².